The summed E-state index contributed by atoms with van der Waals surface area (Å²) in [6, 6.07) is 7.82. The Bertz CT molecular complexity index is 1140. The minimum atomic E-state index is -0.205. The molecule has 0 saturated carbocycles. The number of nitrogens with one attached hydrogen (secondary N) is 1. The molecule has 1 spiro atoms. The third-order valence-corrected chi connectivity index (χ3v) is 6.76. The van der Waals surface area contributed by atoms with Crippen LogP contribution in [0, 0.1) is 5.41 Å². The molecule has 30 heavy (non-hydrogen) atoms. The highest BCUT2D eigenvalue weighted by Gasteiger charge is 2.44. The molecule has 1 saturated heterocycles. The Morgan fingerprint density at radius 1 is 1.13 bits per heavy atom. The second-order valence-corrected chi connectivity index (χ2v) is 9.95. The summed E-state index contributed by atoms with van der Waals surface area (Å²) in [5.74, 6) is 0.269. The lowest BCUT2D eigenvalue weighted by molar-refractivity contribution is 0.0515. The molecule has 1 aliphatic heterocycles. The van der Waals surface area contributed by atoms with Gasteiger partial charge in [-0.2, -0.15) is 5.10 Å². The molecule has 0 radical (unpaired) electrons. The number of H-pyrrole nitrogens is 1. The van der Waals surface area contributed by atoms with Crippen LogP contribution in [0.4, 0.5) is 0 Å². The van der Waals surface area contributed by atoms with E-state index in [9.17, 15) is 9.59 Å². The summed E-state index contributed by atoms with van der Waals surface area (Å²) in [5, 5.41) is 5.64. The molecule has 2 aliphatic rings. The largest absolute Gasteiger partial charge is 0.361 e. The van der Waals surface area contributed by atoms with Crippen molar-refractivity contribution in [1.82, 2.24) is 19.7 Å². The van der Waals surface area contributed by atoms with E-state index in [1.807, 2.05) is 46.2 Å². The predicted octanol–water partition coefficient (Wildman–Crippen LogP) is 4.17. The molecule has 1 amide bonds. The van der Waals surface area contributed by atoms with E-state index in [1.165, 1.54) is 0 Å². The number of aromatic amines is 1. The maximum Gasteiger partial charge on any atom is 0.253 e. The number of Topliss-reactive ketones (excluding diaryl/α,β-unsaturated/α-hetero) is 1. The lowest BCUT2D eigenvalue weighted by Crippen LogP contribution is -2.46. The topological polar surface area (TPSA) is 71.0 Å². The molecule has 0 bridgehead atoms. The fourth-order valence-corrected chi connectivity index (χ4v) is 5.11. The van der Waals surface area contributed by atoms with Gasteiger partial charge in [-0.15, -0.1) is 0 Å². The van der Waals surface area contributed by atoms with Crippen molar-refractivity contribution in [2.24, 2.45) is 5.41 Å². The highest BCUT2D eigenvalue weighted by atomic mass is 16.2. The smallest absolute Gasteiger partial charge is 0.253 e. The Labute approximate surface area is 176 Å². The van der Waals surface area contributed by atoms with E-state index in [4.69, 9.17) is 0 Å². The van der Waals surface area contributed by atoms with E-state index in [-0.39, 0.29) is 22.6 Å². The zero-order valence-corrected chi connectivity index (χ0v) is 17.9. The number of hydrogen-bond donors (Lipinski definition) is 1. The van der Waals surface area contributed by atoms with Gasteiger partial charge in [0.2, 0.25) is 0 Å². The Morgan fingerprint density at radius 3 is 2.63 bits per heavy atom. The molecule has 0 atom stereocenters. The van der Waals surface area contributed by atoms with E-state index >= 15 is 0 Å². The first-order valence-electron chi connectivity index (χ1n) is 10.7. The molecule has 6 heteroatoms. The van der Waals surface area contributed by atoms with Gasteiger partial charge in [0.15, 0.2) is 5.78 Å². The summed E-state index contributed by atoms with van der Waals surface area (Å²) in [6.07, 6.45) is 6.91. The van der Waals surface area contributed by atoms with Crippen LogP contribution < -0.4 is 0 Å². The number of hydrogen-bond acceptors (Lipinski definition) is 3. The van der Waals surface area contributed by atoms with E-state index < -0.39 is 0 Å². The third kappa shape index (κ3) is 3.06. The standard InChI is InChI=1S/C24H28N4O2/c1-23(2,3)28-21-18(15-26-28)13-24(14-20(21)29)7-10-27(11-8-24)22(30)17-5-4-16-6-9-25-19(16)12-17/h4-6,9,12,15,25H,7-8,10-11,13-14H2,1-3H3. The molecule has 5 rings (SSSR count). The van der Waals surface area contributed by atoms with Crippen molar-refractivity contribution >= 4 is 22.6 Å². The van der Waals surface area contributed by atoms with Gasteiger partial charge in [-0.05, 0) is 69.0 Å². The molecular formula is C24H28N4O2. The lowest BCUT2D eigenvalue weighted by atomic mass is 9.67. The summed E-state index contributed by atoms with van der Waals surface area (Å²) >= 11 is 0. The second-order valence-electron chi connectivity index (χ2n) is 9.95. The first kappa shape index (κ1) is 19.1. The quantitative estimate of drug-likeness (QED) is 0.662. The van der Waals surface area contributed by atoms with Gasteiger partial charge in [-0.25, -0.2) is 0 Å². The number of amides is 1. The molecule has 1 N–H and O–H groups in total. The van der Waals surface area contributed by atoms with E-state index in [1.54, 1.807) is 0 Å². The number of likely N-dealkylation sites (tertiary alicyclic amines) is 1. The Kier molecular flexibility index (Phi) is 4.17. The minimum Gasteiger partial charge on any atom is -0.361 e. The number of carbonyl (C=O) groups excluding carboxylic acids is 2. The highest BCUT2D eigenvalue weighted by molar-refractivity contribution is 5.99. The van der Waals surface area contributed by atoms with Crippen molar-refractivity contribution < 1.29 is 9.59 Å². The minimum absolute atomic E-state index is 0.0456. The van der Waals surface area contributed by atoms with Crippen molar-refractivity contribution in [3.05, 3.63) is 53.5 Å². The van der Waals surface area contributed by atoms with Gasteiger partial charge in [0, 0.05) is 42.4 Å². The second kappa shape index (κ2) is 6.56. The van der Waals surface area contributed by atoms with Crippen LogP contribution in [-0.4, -0.2) is 44.4 Å². The molecule has 3 aromatic rings. The summed E-state index contributed by atoms with van der Waals surface area (Å²) in [6.45, 7) is 7.61. The van der Waals surface area contributed by atoms with Crippen LogP contribution in [0.1, 0.15) is 66.4 Å². The molecular weight excluding hydrogens is 376 g/mol. The Morgan fingerprint density at radius 2 is 1.90 bits per heavy atom. The molecule has 1 aromatic carbocycles. The zero-order chi connectivity index (χ0) is 21.1. The number of aromatic nitrogens is 3. The summed E-state index contributed by atoms with van der Waals surface area (Å²) in [5.41, 5.74) is 3.30. The molecule has 2 aromatic heterocycles. The molecule has 156 valence electrons. The lowest BCUT2D eigenvalue weighted by Gasteiger charge is -2.43. The van der Waals surface area contributed by atoms with Crippen LogP contribution in [-0.2, 0) is 12.0 Å². The Hall–Kier alpha value is -2.89. The van der Waals surface area contributed by atoms with Crippen LogP contribution >= 0.6 is 0 Å². The first-order chi connectivity index (χ1) is 14.3. The van der Waals surface area contributed by atoms with Gasteiger partial charge in [0.05, 0.1) is 11.7 Å². The fourth-order valence-electron chi connectivity index (χ4n) is 5.11. The van der Waals surface area contributed by atoms with Crippen molar-refractivity contribution in [3.8, 4) is 0 Å². The molecule has 1 fully saturated rings. The normalized spacial score (nSPS) is 18.8. The molecule has 3 heterocycles. The monoisotopic (exact) mass is 404 g/mol. The van der Waals surface area contributed by atoms with Crippen LogP contribution in [0.15, 0.2) is 36.7 Å². The number of ketones is 1. The predicted molar refractivity (Wildman–Crippen MR) is 116 cm³/mol. The molecule has 0 unspecified atom stereocenters. The SMILES string of the molecule is CC(C)(C)n1ncc2c1C(=O)CC1(CCN(C(=O)c3ccc4cc[nH]c4c3)CC1)C2. The number of fused-ring (bicyclic) bond motifs is 2. The summed E-state index contributed by atoms with van der Waals surface area (Å²) < 4.78 is 1.88. The van der Waals surface area contributed by atoms with Crippen LogP contribution in [0.2, 0.25) is 0 Å². The zero-order valence-electron chi connectivity index (χ0n) is 17.9. The maximum absolute atomic E-state index is 13.1. The van der Waals surface area contributed by atoms with Gasteiger partial charge in [-0.3, -0.25) is 14.3 Å². The van der Waals surface area contributed by atoms with Gasteiger partial charge in [0.25, 0.3) is 5.91 Å². The molecule has 6 nitrogen and oxygen atoms in total. The summed E-state index contributed by atoms with van der Waals surface area (Å²) in [7, 11) is 0. The van der Waals surface area contributed by atoms with Gasteiger partial charge in [-0.1, -0.05) is 6.07 Å². The first-order valence-corrected chi connectivity index (χ1v) is 10.7. The van der Waals surface area contributed by atoms with Crippen molar-refractivity contribution in [3.63, 3.8) is 0 Å². The average molecular weight is 405 g/mol. The van der Waals surface area contributed by atoms with Crippen molar-refractivity contribution in [2.75, 3.05) is 13.1 Å². The van der Waals surface area contributed by atoms with Crippen molar-refractivity contribution in [2.45, 2.75) is 52.0 Å². The average Bonchev–Trinajstić information content (AvgIpc) is 3.34. The number of rotatable bonds is 1. The molecule has 1 aliphatic carbocycles. The number of carbonyl (C=O) groups is 2. The number of nitrogens with zero attached hydrogens (tertiary/aromatic N) is 3. The van der Waals surface area contributed by atoms with Crippen LogP contribution in [0.5, 0.6) is 0 Å². The number of benzene rings is 1. The third-order valence-electron chi connectivity index (χ3n) is 6.76. The fraction of sp³-hybridized carbons (Fsp3) is 0.458. The maximum atomic E-state index is 13.1. The summed E-state index contributed by atoms with van der Waals surface area (Å²) in [4.78, 5) is 31.2. The van der Waals surface area contributed by atoms with E-state index in [0.717, 1.165) is 47.0 Å². The number of piperidine rings is 1. The van der Waals surface area contributed by atoms with E-state index in [0.29, 0.717) is 19.5 Å². The van der Waals surface area contributed by atoms with Gasteiger partial charge < -0.3 is 9.88 Å². The van der Waals surface area contributed by atoms with Gasteiger partial charge >= 0.3 is 0 Å². The van der Waals surface area contributed by atoms with Crippen LogP contribution in [0.25, 0.3) is 10.9 Å². The van der Waals surface area contributed by atoms with Crippen molar-refractivity contribution in [1.29, 1.82) is 0 Å². The van der Waals surface area contributed by atoms with E-state index in [2.05, 4.69) is 30.9 Å². The Balaban J connectivity index is 1.32. The highest BCUT2D eigenvalue weighted by Crippen LogP contribution is 2.44. The van der Waals surface area contributed by atoms with Crippen LogP contribution in [0.3, 0.4) is 0 Å². The van der Waals surface area contributed by atoms with Gasteiger partial charge in [0.1, 0.15) is 5.69 Å².